The number of hydrogen-bond donors (Lipinski definition) is 2. The number of amides is 1. The van der Waals surface area contributed by atoms with Gasteiger partial charge in [0.25, 0.3) is 5.91 Å². The number of thioether (sulfide) groups is 1. The Kier molecular flexibility index (Phi) is 4.16. The highest BCUT2D eigenvalue weighted by Gasteiger charge is 2.28. The fraction of sp³-hybridized carbons (Fsp3) is 0.588. The fourth-order valence-electron chi connectivity index (χ4n) is 2.84. The maximum Gasteiger partial charge on any atom is 0.251 e. The maximum atomic E-state index is 12.1. The van der Waals surface area contributed by atoms with Gasteiger partial charge in [-0.05, 0) is 48.6 Å². The van der Waals surface area contributed by atoms with Gasteiger partial charge in [-0.15, -0.1) is 0 Å². The van der Waals surface area contributed by atoms with Gasteiger partial charge in [0.2, 0.25) is 0 Å². The predicted octanol–water partition coefficient (Wildman–Crippen LogP) is 3.52. The van der Waals surface area contributed by atoms with E-state index >= 15 is 0 Å². The van der Waals surface area contributed by atoms with E-state index in [1.54, 1.807) is 0 Å². The van der Waals surface area contributed by atoms with Gasteiger partial charge in [-0.2, -0.15) is 11.8 Å². The highest BCUT2D eigenvalue weighted by molar-refractivity contribution is 7.99. The molecule has 1 saturated heterocycles. The molecule has 0 spiro atoms. The molecule has 1 aromatic rings. The third-order valence-corrected chi connectivity index (χ3v) is 5.64. The van der Waals surface area contributed by atoms with Gasteiger partial charge >= 0.3 is 0 Å². The van der Waals surface area contributed by atoms with Crippen molar-refractivity contribution >= 4 is 23.4 Å². The molecular formula is C17H24N2OS. The lowest BCUT2D eigenvalue weighted by Crippen LogP contribution is -2.35. The molecular weight excluding hydrogens is 280 g/mol. The van der Waals surface area contributed by atoms with Crippen molar-refractivity contribution in [1.82, 2.24) is 5.32 Å². The van der Waals surface area contributed by atoms with E-state index in [1.807, 2.05) is 30.0 Å². The Balaban J connectivity index is 1.63. The predicted molar refractivity (Wildman–Crippen MR) is 90.1 cm³/mol. The molecule has 3 rings (SSSR count). The minimum Gasteiger partial charge on any atom is -0.381 e. The number of benzene rings is 1. The largest absolute Gasteiger partial charge is 0.381 e. The fourth-order valence-corrected chi connectivity index (χ4v) is 4.11. The molecule has 4 heteroatoms. The summed E-state index contributed by atoms with van der Waals surface area (Å²) in [5.74, 6) is 2.43. The van der Waals surface area contributed by atoms with E-state index in [-0.39, 0.29) is 5.91 Å². The second kappa shape index (κ2) is 5.91. The van der Waals surface area contributed by atoms with Crippen LogP contribution in [-0.2, 0) is 0 Å². The lowest BCUT2D eigenvalue weighted by atomic mass is 9.88. The number of nitrogens with one attached hydrogen (secondary N) is 2. The molecule has 2 fully saturated rings. The first-order chi connectivity index (χ1) is 10.0. The van der Waals surface area contributed by atoms with Gasteiger partial charge in [-0.25, -0.2) is 0 Å². The number of carbonyl (C=O) groups excluding carboxylic acids is 1. The highest BCUT2D eigenvalue weighted by atomic mass is 32.2. The molecule has 0 aromatic heterocycles. The van der Waals surface area contributed by atoms with Crippen molar-refractivity contribution in [3.8, 4) is 0 Å². The molecule has 1 aliphatic heterocycles. The molecule has 1 aromatic carbocycles. The van der Waals surface area contributed by atoms with Crippen molar-refractivity contribution in [2.75, 3.05) is 16.8 Å². The van der Waals surface area contributed by atoms with Crippen molar-refractivity contribution in [2.45, 2.75) is 45.2 Å². The van der Waals surface area contributed by atoms with E-state index < -0.39 is 0 Å². The molecule has 1 aliphatic carbocycles. The van der Waals surface area contributed by atoms with E-state index in [0.29, 0.717) is 17.5 Å². The molecule has 3 nitrogen and oxygen atoms in total. The molecule has 2 aliphatic rings. The van der Waals surface area contributed by atoms with Gasteiger partial charge < -0.3 is 10.6 Å². The molecule has 0 bridgehead atoms. The van der Waals surface area contributed by atoms with E-state index in [4.69, 9.17) is 0 Å². The number of hydrogen-bond acceptors (Lipinski definition) is 3. The van der Waals surface area contributed by atoms with Crippen LogP contribution >= 0.6 is 11.8 Å². The first-order valence-electron chi connectivity index (χ1n) is 7.77. The van der Waals surface area contributed by atoms with E-state index in [9.17, 15) is 4.79 Å². The Morgan fingerprint density at radius 1 is 1.29 bits per heavy atom. The van der Waals surface area contributed by atoms with Crippen LogP contribution in [0.3, 0.4) is 0 Å². The average molecular weight is 304 g/mol. The number of anilines is 1. The van der Waals surface area contributed by atoms with Gasteiger partial charge in [-0.3, -0.25) is 4.79 Å². The first kappa shape index (κ1) is 14.8. The number of rotatable bonds is 4. The lowest BCUT2D eigenvalue weighted by molar-refractivity contribution is 0.0951. The van der Waals surface area contributed by atoms with Crippen LogP contribution in [0.5, 0.6) is 0 Å². The van der Waals surface area contributed by atoms with Crippen molar-refractivity contribution < 1.29 is 4.79 Å². The third-order valence-electron chi connectivity index (χ3n) is 4.02. The zero-order chi connectivity index (χ0) is 14.9. The summed E-state index contributed by atoms with van der Waals surface area (Å²) in [6.45, 7) is 4.65. The minimum absolute atomic E-state index is 0.0551. The quantitative estimate of drug-likeness (QED) is 0.894. The Labute approximate surface area is 131 Å². The molecule has 21 heavy (non-hydrogen) atoms. The van der Waals surface area contributed by atoms with Crippen LogP contribution in [0.25, 0.3) is 0 Å². The summed E-state index contributed by atoms with van der Waals surface area (Å²) in [5.41, 5.74) is 2.21. The molecule has 114 valence electrons. The van der Waals surface area contributed by atoms with Crippen molar-refractivity contribution in [3.05, 3.63) is 29.8 Å². The minimum atomic E-state index is 0.0551. The van der Waals surface area contributed by atoms with E-state index in [0.717, 1.165) is 29.8 Å². The van der Waals surface area contributed by atoms with Crippen LogP contribution in [0.15, 0.2) is 24.3 Å². The lowest BCUT2D eigenvalue weighted by Gasteiger charge is -2.35. The summed E-state index contributed by atoms with van der Waals surface area (Å²) in [5, 5.41) is 6.64. The zero-order valence-corrected chi connectivity index (χ0v) is 13.6. The molecule has 1 saturated carbocycles. The standard InChI is InChI=1S/C17H24N2OS/c1-17(2)9-15(10-21-11-17)18-14-5-3-4-12(8-14)16(20)19-13-6-7-13/h3-5,8,13,15,18H,6-7,9-11H2,1-2H3,(H,19,20). The SMILES string of the molecule is CC1(C)CSCC(Nc2cccc(C(=O)NC3CC3)c2)C1. The Hall–Kier alpha value is -1.16. The smallest absolute Gasteiger partial charge is 0.251 e. The summed E-state index contributed by atoms with van der Waals surface area (Å²) in [6.07, 6.45) is 3.43. The second-order valence-corrected chi connectivity index (χ2v) is 8.08. The Bertz CT molecular complexity index is 525. The molecule has 1 atom stereocenters. The van der Waals surface area contributed by atoms with E-state index in [2.05, 4.69) is 30.5 Å². The Morgan fingerprint density at radius 2 is 2.10 bits per heavy atom. The molecule has 1 heterocycles. The van der Waals surface area contributed by atoms with Gasteiger partial charge in [0.1, 0.15) is 0 Å². The summed E-state index contributed by atoms with van der Waals surface area (Å²) >= 11 is 2.01. The first-order valence-corrected chi connectivity index (χ1v) is 8.92. The van der Waals surface area contributed by atoms with Crippen LogP contribution in [0.4, 0.5) is 5.69 Å². The van der Waals surface area contributed by atoms with Crippen LogP contribution in [-0.4, -0.2) is 29.5 Å². The molecule has 1 unspecified atom stereocenters. The highest BCUT2D eigenvalue weighted by Crippen LogP contribution is 2.34. The third kappa shape index (κ3) is 4.16. The maximum absolute atomic E-state index is 12.1. The van der Waals surface area contributed by atoms with Crippen LogP contribution in [0.1, 0.15) is 43.5 Å². The summed E-state index contributed by atoms with van der Waals surface area (Å²) in [6, 6.07) is 8.78. The summed E-state index contributed by atoms with van der Waals surface area (Å²) < 4.78 is 0. The summed E-state index contributed by atoms with van der Waals surface area (Å²) in [7, 11) is 0. The molecule has 1 amide bonds. The van der Waals surface area contributed by atoms with E-state index in [1.165, 1.54) is 12.2 Å². The van der Waals surface area contributed by atoms with Crippen LogP contribution < -0.4 is 10.6 Å². The van der Waals surface area contributed by atoms with Crippen molar-refractivity contribution in [1.29, 1.82) is 0 Å². The zero-order valence-electron chi connectivity index (χ0n) is 12.8. The van der Waals surface area contributed by atoms with Gasteiger partial charge in [0.15, 0.2) is 0 Å². The topological polar surface area (TPSA) is 41.1 Å². The van der Waals surface area contributed by atoms with Gasteiger partial charge in [0, 0.05) is 29.1 Å². The van der Waals surface area contributed by atoms with Crippen molar-refractivity contribution in [3.63, 3.8) is 0 Å². The summed E-state index contributed by atoms with van der Waals surface area (Å²) in [4.78, 5) is 12.1. The Morgan fingerprint density at radius 3 is 2.81 bits per heavy atom. The van der Waals surface area contributed by atoms with Crippen LogP contribution in [0, 0.1) is 5.41 Å². The van der Waals surface area contributed by atoms with Crippen LogP contribution in [0.2, 0.25) is 0 Å². The monoisotopic (exact) mass is 304 g/mol. The normalized spacial score (nSPS) is 24.4. The molecule has 0 radical (unpaired) electrons. The second-order valence-electron chi connectivity index (χ2n) is 7.05. The number of carbonyl (C=O) groups is 1. The molecule has 2 N–H and O–H groups in total. The van der Waals surface area contributed by atoms with Gasteiger partial charge in [-0.1, -0.05) is 19.9 Å². The average Bonchev–Trinajstić information content (AvgIpc) is 3.22. The van der Waals surface area contributed by atoms with Crippen molar-refractivity contribution in [2.24, 2.45) is 5.41 Å². The van der Waals surface area contributed by atoms with Gasteiger partial charge in [0.05, 0.1) is 0 Å².